The van der Waals surface area contributed by atoms with Crippen molar-refractivity contribution >= 4 is 23.6 Å². The Labute approximate surface area is 121 Å². The van der Waals surface area contributed by atoms with E-state index in [1.54, 1.807) is 31.2 Å². The molecule has 0 aliphatic rings. The van der Waals surface area contributed by atoms with Gasteiger partial charge in [-0.25, -0.2) is 9.59 Å². The van der Waals surface area contributed by atoms with Crippen LogP contribution in [0.4, 0.5) is 4.79 Å². The summed E-state index contributed by atoms with van der Waals surface area (Å²) in [4.78, 5) is 22.3. The topological polar surface area (TPSA) is 98.7 Å². The van der Waals surface area contributed by atoms with Crippen LogP contribution in [0.1, 0.15) is 25.5 Å². The van der Waals surface area contributed by atoms with E-state index in [9.17, 15) is 14.7 Å². The summed E-state index contributed by atoms with van der Waals surface area (Å²) in [5.41, 5.74) is -1.26. The molecule has 2 unspecified atom stereocenters. The van der Waals surface area contributed by atoms with E-state index < -0.39 is 24.1 Å². The molecule has 0 bridgehead atoms. The maximum Gasteiger partial charge on any atom is 0.337 e. The molecule has 0 heterocycles. The second-order valence-electron chi connectivity index (χ2n) is 4.65. The zero-order valence-electron chi connectivity index (χ0n) is 11.2. The smallest absolute Gasteiger partial charge is 0.337 e. The summed E-state index contributed by atoms with van der Waals surface area (Å²) in [6, 6.07) is 6.13. The van der Waals surface area contributed by atoms with Gasteiger partial charge in [-0.15, -0.1) is 0 Å². The first-order chi connectivity index (χ1) is 9.24. The van der Waals surface area contributed by atoms with Gasteiger partial charge in [0.2, 0.25) is 0 Å². The molecule has 20 heavy (non-hydrogen) atoms. The Morgan fingerprint density at radius 3 is 2.55 bits per heavy atom. The number of benzene rings is 1. The van der Waals surface area contributed by atoms with Crippen LogP contribution in [-0.4, -0.2) is 34.4 Å². The molecule has 0 aliphatic carbocycles. The highest BCUT2D eigenvalue weighted by Crippen LogP contribution is 2.21. The molecule has 0 spiro atoms. The predicted molar refractivity (Wildman–Crippen MR) is 74.7 cm³/mol. The number of urea groups is 1. The van der Waals surface area contributed by atoms with E-state index >= 15 is 0 Å². The lowest BCUT2D eigenvalue weighted by atomic mass is 10.1. The van der Waals surface area contributed by atoms with Gasteiger partial charge < -0.3 is 20.8 Å². The molecule has 1 aromatic rings. The molecule has 2 amide bonds. The Morgan fingerprint density at radius 2 is 2.00 bits per heavy atom. The minimum Gasteiger partial charge on any atom is -0.479 e. The molecule has 110 valence electrons. The van der Waals surface area contributed by atoms with Crippen LogP contribution in [0.5, 0.6) is 0 Å². The van der Waals surface area contributed by atoms with Gasteiger partial charge in [0.1, 0.15) is 0 Å². The summed E-state index contributed by atoms with van der Waals surface area (Å²) in [7, 11) is 0. The predicted octanol–water partition coefficient (Wildman–Crippen LogP) is 1.54. The number of halogens is 1. The fraction of sp³-hybridized carbons (Fsp3) is 0.385. The highest BCUT2D eigenvalue weighted by atomic mass is 35.5. The normalized spacial score (nSPS) is 15.0. The number of hydrogen-bond acceptors (Lipinski definition) is 3. The first kappa shape index (κ1) is 16.3. The monoisotopic (exact) mass is 300 g/mol. The van der Waals surface area contributed by atoms with E-state index in [1.165, 1.54) is 0 Å². The van der Waals surface area contributed by atoms with Gasteiger partial charge in [0.15, 0.2) is 5.60 Å². The molecule has 0 aromatic heterocycles. The molecular formula is C13H17ClN2O4. The zero-order chi connectivity index (χ0) is 15.3. The highest BCUT2D eigenvalue weighted by molar-refractivity contribution is 6.31. The van der Waals surface area contributed by atoms with Crippen molar-refractivity contribution in [2.45, 2.75) is 25.5 Å². The fourth-order valence-corrected chi connectivity index (χ4v) is 1.78. The molecule has 1 aromatic carbocycles. The maximum absolute atomic E-state index is 11.6. The third-order valence-electron chi connectivity index (χ3n) is 2.77. The van der Waals surface area contributed by atoms with Crippen LogP contribution < -0.4 is 10.6 Å². The average molecular weight is 301 g/mol. The van der Waals surface area contributed by atoms with Crippen LogP contribution in [0.2, 0.25) is 5.02 Å². The van der Waals surface area contributed by atoms with E-state index in [-0.39, 0.29) is 6.04 Å². The van der Waals surface area contributed by atoms with Crippen LogP contribution in [0.25, 0.3) is 0 Å². The van der Waals surface area contributed by atoms with E-state index in [4.69, 9.17) is 16.7 Å². The Kier molecular flexibility index (Phi) is 5.35. The lowest BCUT2D eigenvalue weighted by Crippen LogP contribution is -2.49. The van der Waals surface area contributed by atoms with Gasteiger partial charge >= 0.3 is 12.0 Å². The summed E-state index contributed by atoms with van der Waals surface area (Å²) in [5.74, 6) is -1.41. The molecule has 2 atom stereocenters. The van der Waals surface area contributed by atoms with Crippen molar-refractivity contribution in [1.29, 1.82) is 0 Å². The standard InChI is InChI=1S/C13H17ClN2O4/c1-8(9-5-3-4-6-10(9)14)16-12(19)15-7-13(2,20)11(17)18/h3-6,8,20H,7H2,1-2H3,(H,17,18)(H2,15,16,19). The minimum atomic E-state index is -2.01. The summed E-state index contributed by atoms with van der Waals surface area (Å²) >= 11 is 6.00. The molecule has 7 heteroatoms. The van der Waals surface area contributed by atoms with Gasteiger partial charge in [0, 0.05) is 5.02 Å². The average Bonchev–Trinajstić information content (AvgIpc) is 2.36. The first-order valence-electron chi connectivity index (χ1n) is 5.98. The van der Waals surface area contributed by atoms with E-state index in [0.717, 1.165) is 12.5 Å². The van der Waals surface area contributed by atoms with Gasteiger partial charge in [-0.2, -0.15) is 0 Å². The number of nitrogens with one attached hydrogen (secondary N) is 2. The van der Waals surface area contributed by atoms with Crippen molar-refractivity contribution in [3.63, 3.8) is 0 Å². The molecular weight excluding hydrogens is 284 g/mol. The number of carboxylic acids is 1. The van der Waals surface area contributed by atoms with Gasteiger partial charge in [0.25, 0.3) is 0 Å². The van der Waals surface area contributed by atoms with Crippen LogP contribution in [0.15, 0.2) is 24.3 Å². The number of hydrogen-bond donors (Lipinski definition) is 4. The maximum atomic E-state index is 11.6. The van der Waals surface area contributed by atoms with Crippen molar-refractivity contribution in [3.05, 3.63) is 34.9 Å². The van der Waals surface area contributed by atoms with Crippen LogP contribution in [0.3, 0.4) is 0 Å². The van der Waals surface area contributed by atoms with Crippen molar-refractivity contribution in [1.82, 2.24) is 10.6 Å². The number of aliphatic hydroxyl groups is 1. The molecule has 0 fully saturated rings. The van der Waals surface area contributed by atoms with Gasteiger partial charge in [-0.05, 0) is 25.5 Å². The van der Waals surface area contributed by atoms with Crippen molar-refractivity contribution in [2.24, 2.45) is 0 Å². The van der Waals surface area contributed by atoms with E-state index in [1.807, 2.05) is 0 Å². The zero-order valence-corrected chi connectivity index (χ0v) is 11.9. The molecule has 6 nitrogen and oxygen atoms in total. The van der Waals surface area contributed by atoms with Crippen molar-refractivity contribution in [2.75, 3.05) is 6.54 Å². The van der Waals surface area contributed by atoms with Crippen molar-refractivity contribution < 1.29 is 19.8 Å². The number of aliphatic carboxylic acids is 1. The second kappa shape index (κ2) is 6.58. The summed E-state index contributed by atoms with van der Waals surface area (Å²) in [6.45, 7) is 2.45. The lowest BCUT2D eigenvalue weighted by molar-refractivity contribution is -0.155. The second-order valence-corrected chi connectivity index (χ2v) is 5.06. The Bertz CT molecular complexity index is 505. The number of amides is 2. The first-order valence-corrected chi connectivity index (χ1v) is 6.36. The lowest BCUT2D eigenvalue weighted by Gasteiger charge is -2.20. The molecule has 0 radical (unpaired) electrons. The largest absolute Gasteiger partial charge is 0.479 e. The Morgan fingerprint density at radius 1 is 1.40 bits per heavy atom. The van der Waals surface area contributed by atoms with Crippen LogP contribution in [-0.2, 0) is 4.79 Å². The third-order valence-corrected chi connectivity index (χ3v) is 3.12. The molecule has 4 N–H and O–H groups in total. The summed E-state index contributed by atoms with van der Waals surface area (Å²) in [6.07, 6.45) is 0. The molecule has 1 rings (SSSR count). The van der Waals surface area contributed by atoms with Gasteiger partial charge in [0.05, 0.1) is 12.6 Å². The molecule has 0 saturated carbocycles. The van der Waals surface area contributed by atoms with Crippen LogP contribution in [0, 0.1) is 0 Å². The molecule has 0 saturated heterocycles. The van der Waals surface area contributed by atoms with Crippen molar-refractivity contribution in [3.8, 4) is 0 Å². The number of carboxylic acid groups (broad SMARTS) is 1. The SMILES string of the molecule is CC(NC(=O)NCC(C)(O)C(=O)O)c1ccccc1Cl. The summed E-state index contributed by atoms with van der Waals surface area (Å²) < 4.78 is 0. The molecule has 0 aliphatic heterocycles. The quantitative estimate of drug-likeness (QED) is 0.663. The van der Waals surface area contributed by atoms with E-state index in [0.29, 0.717) is 5.02 Å². The minimum absolute atomic E-state index is 0.349. The number of carbonyl (C=O) groups is 2. The third kappa shape index (κ3) is 4.40. The van der Waals surface area contributed by atoms with Gasteiger partial charge in [-0.1, -0.05) is 29.8 Å². The summed E-state index contributed by atoms with van der Waals surface area (Å²) in [5, 5.41) is 23.6. The van der Waals surface area contributed by atoms with Gasteiger partial charge in [-0.3, -0.25) is 0 Å². The highest BCUT2D eigenvalue weighted by Gasteiger charge is 2.30. The van der Waals surface area contributed by atoms with Crippen LogP contribution >= 0.6 is 11.6 Å². The Balaban J connectivity index is 2.55. The Hall–Kier alpha value is -1.79. The number of rotatable bonds is 5. The van der Waals surface area contributed by atoms with E-state index in [2.05, 4.69) is 10.6 Å². The fourth-order valence-electron chi connectivity index (χ4n) is 1.48. The number of carbonyl (C=O) groups excluding carboxylic acids is 1.